The fraction of sp³-hybridized carbons (Fsp3) is 0.200. The molecule has 0 amide bonds. The van der Waals surface area contributed by atoms with E-state index in [-0.39, 0.29) is 11.8 Å². The maximum atomic E-state index is 4.93. The number of H-pyrrole nitrogens is 2. The fourth-order valence-corrected chi connectivity index (χ4v) is 4.02. The molecule has 144 valence electrons. The molecule has 2 N–H and O–H groups in total. The zero-order chi connectivity index (χ0) is 19.8. The molecule has 0 bridgehead atoms. The van der Waals surface area contributed by atoms with Crippen molar-refractivity contribution in [2.24, 2.45) is 0 Å². The molecule has 3 aromatic carbocycles. The van der Waals surface area contributed by atoms with Crippen LogP contribution < -0.4 is 0 Å². The van der Waals surface area contributed by atoms with E-state index < -0.39 is 0 Å². The van der Waals surface area contributed by atoms with Crippen LogP contribution in [0.3, 0.4) is 0 Å². The van der Waals surface area contributed by atoms with Gasteiger partial charge in [-0.15, -0.1) is 0 Å². The Hall–Kier alpha value is -3.40. The summed E-state index contributed by atoms with van der Waals surface area (Å²) in [7, 11) is 0. The highest BCUT2D eigenvalue weighted by Gasteiger charge is 2.27. The number of aromatic nitrogens is 4. The van der Waals surface area contributed by atoms with Crippen molar-refractivity contribution in [3.63, 3.8) is 0 Å². The smallest absolute Gasteiger partial charge is 0.111 e. The first kappa shape index (κ1) is 17.7. The van der Waals surface area contributed by atoms with Gasteiger partial charge >= 0.3 is 0 Å². The second-order valence-corrected chi connectivity index (χ2v) is 7.86. The van der Waals surface area contributed by atoms with Gasteiger partial charge in [0.2, 0.25) is 0 Å². The molecule has 0 aliphatic rings. The van der Waals surface area contributed by atoms with Crippen molar-refractivity contribution in [1.29, 1.82) is 0 Å². The number of hydrogen-bond acceptors (Lipinski definition) is 2. The van der Waals surface area contributed by atoms with Crippen LogP contribution in [0.4, 0.5) is 0 Å². The van der Waals surface area contributed by atoms with Gasteiger partial charge in [0.05, 0.1) is 22.1 Å². The largest absolute Gasteiger partial charge is 0.342 e. The molecule has 0 saturated carbocycles. The first-order valence-corrected chi connectivity index (χ1v) is 10.1. The SMILES string of the molecule is Cc1ccc(C[C@@H](c2nc3ccccc3[nH]2)[C@@H](C)c2nc3ccccc3[nH]2)cc1. The normalized spacial score (nSPS) is 13.7. The Morgan fingerprint density at radius 2 is 1.28 bits per heavy atom. The van der Waals surface area contributed by atoms with Gasteiger partial charge in [0.25, 0.3) is 0 Å². The summed E-state index contributed by atoms with van der Waals surface area (Å²) in [6.45, 7) is 4.36. The molecule has 0 unspecified atom stereocenters. The monoisotopic (exact) mass is 380 g/mol. The Balaban J connectivity index is 1.57. The molecule has 0 aliphatic carbocycles. The van der Waals surface area contributed by atoms with E-state index in [0.29, 0.717) is 0 Å². The Morgan fingerprint density at radius 1 is 0.724 bits per heavy atom. The number of benzene rings is 3. The van der Waals surface area contributed by atoms with E-state index in [2.05, 4.69) is 72.3 Å². The van der Waals surface area contributed by atoms with Crippen LogP contribution in [0.2, 0.25) is 0 Å². The molecular formula is C25H24N4. The van der Waals surface area contributed by atoms with Gasteiger partial charge in [-0.2, -0.15) is 0 Å². The minimum absolute atomic E-state index is 0.185. The van der Waals surface area contributed by atoms with E-state index in [1.165, 1.54) is 11.1 Å². The molecule has 0 saturated heterocycles. The highest BCUT2D eigenvalue weighted by molar-refractivity contribution is 5.75. The molecule has 0 aliphatic heterocycles. The number of imidazole rings is 2. The standard InChI is InChI=1S/C25H24N4/c1-16-11-13-18(14-12-16)15-19(25-28-22-9-5-6-10-23(22)29-25)17(2)24-26-20-7-3-4-8-21(20)27-24/h3-14,17,19H,15H2,1-2H3,(H,26,27)(H,28,29)/t17-,19-/m1/s1. The lowest BCUT2D eigenvalue weighted by molar-refractivity contribution is 0.530. The number of rotatable bonds is 5. The summed E-state index contributed by atoms with van der Waals surface area (Å²) in [6, 6.07) is 25.2. The van der Waals surface area contributed by atoms with E-state index in [0.717, 1.165) is 40.1 Å². The number of hydrogen-bond donors (Lipinski definition) is 2. The maximum absolute atomic E-state index is 4.93. The Kier molecular flexibility index (Phi) is 4.39. The Morgan fingerprint density at radius 3 is 1.90 bits per heavy atom. The summed E-state index contributed by atoms with van der Waals surface area (Å²) in [6.07, 6.45) is 0.901. The zero-order valence-electron chi connectivity index (χ0n) is 16.7. The van der Waals surface area contributed by atoms with E-state index >= 15 is 0 Å². The second kappa shape index (κ2) is 7.21. The van der Waals surface area contributed by atoms with Gasteiger partial charge in [0.1, 0.15) is 11.6 Å². The molecule has 0 fully saturated rings. The van der Waals surface area contributed by atoms with Gasteiger partial charge in [-0.1, -0.05) is 61.0 Å². The van der Waals surface area contributed by atoms with Crippen LogP contribution in [0.5, 0.6) is 0 Å². The maximum Gasteiger partial charge on any atom is 0.111 e. The summed E-state index contributed by atoms with van der Waals surface area (Å²) in [4.78, 5) is 16.9. The van der Waals surface area contributed by atoms with E-state index in [9.17, 15) is 0 Å². The van der Waals surface area contributed by atoms with E-state index in [1.54, 1.807) is 0 Å². The zero-order valence-corrected chi connectivity index (χ0v) is 16.7. The summed E-state index contributed by atoms with van der Waals surface area (Å²) in [5, 5.41) is 0. The number of aryl methyl sites for hydroxylation is 1. The van der Waals surface area contributed by atoms with Crippen molar-refractivity contribution in [2.45, 2.75) is 32.1 Å². The Labute approximate surface area is 170 Å². The van der Waals surface area contributed by atoms with Crippen LogP contribution in [-0.4, -0.2) is 19.9 Å². The third kappa shape index (κ3) is 3.42. The molecule has 2 heterocycles. The molecule has 0 spiro atoms. The van der Waals surface area contributed by atoms with Crippen molar-refractivity contribution >= 4 is 22.1 Å². The highest BCUT2D eigenvalue weighted by Crippen LogP contribution is 2.34. The average Bonchev–Trinajstić information content (AvgIpc) is 3.37. The van der Waals surface area contributed by atoms with Crippen molar-refractivity contribution in [3.05, 3.63) is 95.6 Å². The summed E-state index contributed by atoms with van der Waals surface area (Å²) < 4.78 is 0. The minimum Gasteiger partial charge on any atom is -0.342 e. The van der Waals surface area contributed by atoms with E-state index in [4.69, 9.17) is 9.97 Å². The van der Waals surface area contributed by atoms with Gasteiger partial charge < -0.3 is 9.97 Å². The van der Waals surface area contributed by atoms with Crippen molar-refractivity contribution in [3.8, 4) is 0 Å². The van der Waals surface area contributed by atoms with Crippen LogP contribution in [0.1, 0.15) is 41.5 Å². The first-order chi connectivity index (χ1) is 14.2. The predicted molar refractivity (Wildman–Crippen MR) is 118 cm³/mol. The third-order valence-electron chi connectivity index (χ3n) is 5.78. The third-order valence-corrected chi connectivity index (χ3v) is 5.78. The van der Waals surface area contributed by atoms with Crippen molar-refractivity contribution < 1.29 is 0 Å². The lowest BCUT2D eigenvalue weighted by Crippen LogP contribution is -2.14. The Bertz CT molecular complexity index is 1200. The van der Waals surface area contributed by atoms with Crippen LogP contribution in [0, 0.1) is 6.92 Å². The molecule has 4 nitrogen and oxygen atoms in total. The van der Waals surface area contributed by atoms with Crippen LogP contribution >= 0.6 is 0 Å². The summed E-state index contributed by atoms with van der Waals surface area (Å²) >= 11 is 0. The van der Waals surface area contributed by atoms with Crippen LogP contribution in [-0.2, 0) is 6.42 Å². The molecule has 2 atom stereocenters. The molecule has 5 rings (SSSR count). The summed E-state index contributed by atoms with van der Waals surface area (Å²) in [5.41, 5.74) is 6.76. The predicted octanol–water partition coefficient (Wildman–Crippen LogP) is 5.88. The average molecular weight is 380 g/mol. The number of nitrogens with one attached hydrogen (secondary N) is 2. The minimum atomic E-state index is 0.185. The van der Waals surface area contributed by atoms with Crippen molar-refractivity contribution in [2.75, 3.05) is 0 Å². The lowest BCUT2D eigenvalue weighted by atomic mass is 9.86. The number of aromatic amines is 2. The first-order valence-electron chi connectivity index (χ1n) is 10.1. The molecule has 4 heteroatoms. The van der Waals surface area contributed by atoms with Gasteiger partial charge in [-0.05, 0) is 43.2 Å². The quantitative estimate of drug-likeness (QED) is 0.400. The van der Waals surface area contributed by atoms with Crippen LogP contribution in [0.25, 0.3) is 22.1 Å². The van der Waals surface area contributed by atoms with E-state index in [1.807, 2.05) is 24.3 Å². The molecule has 0 radical (unpaired) electrons. The number of para-hydroxylation sites is 4. The number of fused-ring (bicyclic) bond motifs is 2. The van der Waals surface area contributed by atoms with Gasteiger partial charge in [-0.25, -0.2) is 9.97 Å². The van der Waals surface area contributed by atoms with Crippen molar-refractivity contribution in [1.82, 2.24) is 19.9 Å². The lowest BCUT2D eigenvalue weighted by Gasteiger charge is -2.21. The highest BCUT2D eigenvalue weighted by atomic mass is 15.0. The molecular weight excluding hydrogens is 356 g/mol. The molecule has 29 heavy (non-hydrogen) atoms. The molecule has 5 aromatic rings. The fourth-order valence-electron chi connectivity index (χ4n) is 4.02. The topological polar surface area (TPSA) is 57.4 Å². The summed E-state index contributed by atoms with van der Waals surface area (Å²) in [5.74, 6) is 2.39. The number of nitrogens with zero attached hydrogens (tertiary/aromatic N) is 2. The second-order valence-electron chi connectivity index (χ2n) is 7.86. The molecule has 2 aromatic heterocycles. The van der Waals surface area contributed by atoms with Gasteiger partial charge in [-0.3, -0.25) is 0 Å². The van der Waals surface area contributed by atoms with Crippen LogP contribution in [0.15, 0.2) is 72.8 Å². The van der Waals surface area contributed by atoms with Gasteiger partial charge in [0, 0.05) is 11.8 Å². The van der Waals surface area contributed by atoms with Gasteiger partial charge in [0.15, 0.2) is 0 Å².